The second-order valence-corrected chi connectivity index (χ2v) is 9.32. The molecule has 2 aliphatic rings. The molecular weight excluding hydrogens is 388 g/mol. The summed E-state index contributed by atoms with van der Waals surface area (Å²) in [5.74, 6) is -0.411. The number of aromatic nitrogens is 2. The SMILES string of the molecule is CCn1nc(C(C)C(=O)NCC2(N3CCCCC3)CCCCC2)c2ccccc2c1=O. The zero-order chi connectivity index (χ0) is 21.8. The lowest BCUT2D eigenvalue weighted by molar-refractivity contribution is -0.123. The first-order valence-electron chi connectivity index (χ1n) is 12.1. The molecule has 1 amide bonds. The number of nitrogens with zero attached hydrogens (tertiary/aromatic N) is 3. The molecule has 2 fully saturated rings. The van der Waals surface area contributed by atoms with Crippen molar-refractivity contribution in [3.63, 3.8) is 0 Å². The molecule has 0 radical (unpaired) electrons. The number of aryl methyl sites for hydroxylation is 1. The van der Waals surface area contributed by atoms with E-state index >= 15 is 0 Å². The molecule has 1 aliphatic heterocycles. The second kappa shape index (κ2) is 9.51. The van der Waals surface area contributed by atoms with Gasteiger partial charge in [-0.3, -0.25) is 14.5 Å². The molecular formula is C25H36N4O2. The highest BCUT2D eigenvalue weighted by atomic mass is 16.2. The van der Waals surface area contributed by atoms with Crippen LogP contribution in [-0.4, -0.2) is 45.8 Å². The highest BCUT2D eigenvalue weighted by Gasteiger charge is 2.39. The number of nitrogens with one attached hydrogen (secondary N) is 1. The van der Waals surface area contributed by atoms with E-state index in [1.807, 2.05) is 38.1 Å². The van der Waals surface area contributed by atoms with E-state index in [0.29, 0.717) is 24.2 Å². The van der Waals surface area contributed by atoms with Crippen LogP contribution in [0, 0.1) is 0 Å². The van der Waals surface area contributed by atoms with Crippen LogP contribution in [0.15, 0.2) is 29.1 Å². The van der Waals surface area contributed by atoms with Crippen molar-refractivity contribution < 1.29 is 4.79 Å². The van der Waals surface area contributed by atoms with Crippen molar-refractivity contribution in [2.24, 2.45) is 0 Å². The first-order valence-corrected chi connectivity index (χ1v) is 12.1. The van der Waals surface area contributed by atoms with E-state index in [4.69, 9.17) is 0 Å². The van der Waals surface area contributed by atoms with Gasteiger partial charge in [0.25, 0.3) is 5.56 Å². The Balaban J connectivity index is 1.56. The van der Waals surface area contributed by atoms with E-state index in [-0.39, 0.29) is 17.0 Å². The van der Waals surface area contributed by atoms with E-state index in [9.17, 15) is 9.59 Å². The smallest absolute Gasteiger partial charge is 0.274 e. The monoisotopic (exact) mass is 424 g/mol. The highest BCUT2D eigenvalue weighted by molar-refractivity contribution is 5.91. The first-order chi connectivity index (χ1) is 15.1. The Morgan fingerprint density at radius 2 is 1.71 bits per heavy atom. The van der Waals surface area contributed by atoms with Crippen molar-refractivity contribution in [3.05, 3.63) is 40.3 Å². The van der Waals surface area contributed by atoms with E-state index in [2.05, 4.69) is 15.3 Å². The number of likely N-dealkylation sites (tertiary alicyclic amines) is 1. The molecule has 1 unspecified atom stereocenters. The third-order valence-corrected chi connectivity index (χ3v) is 7.40. The predicted molar refractivity (Wildman–Crippen MR) is 124 cm³/mol. The number of carbonyl (C=O) groups is 1. The van der Waals surface area contributed by atoms with Crippen LogP contribution in [0.5, 0.6) is 0 Å². The predicted octanol–water partition coefficient (Wildman–Crippen LogP) is 3.82. The largest absolute Gasteiger partial charge is 0.354 e. The van der Waals surface area contributed by atoms with Crippen molar-refractivity contribution in [3.8, 4) is 0 Å². The van der Waals surface area contributed by atoms with Crippen LogP contribution in [0.1, 0.15) is 76.8 Å². The summed E-state index contributed by atoms with van der Waals surface area (Å²) < 4.78 is 1.47. The van der Waals surface area contributed by atoms with Crippen molar-refractivity contribution in [2.45, 2.75) is 83.2 Å². The van der Waals surface area contributed by atoms with E-state index in [1.165, 1.54) is 56.0 Å². The van der Waals surface area contributed by atoms with Gasteiger partial charge in [-0.15, -0.1) is 0 Å². The van der Waals surface area contributed by atoms with Crippen LogP contribution in [0.2, 0.25) is 0 Å². The summed E-state index contributed by atoms with van der Waals surface area (Å²) in [6, 6.07) is 7.50. The van der Waals surface area contributed by atoms with Gasteiger partial charge in [0.05, 0.1) is 17.0 Å². The molecule has 1 saturated carbocycles. The number of carbonyl (C=O) groups excluding carboxylic acids is 1. The Bertz CT molecular complexity index is 971. The third kappa shape index (κ3) is 4.40. The number of benzene rings is 1. The van der Waals surface area contributed by atoms with E-state index < -0.39 is 5.92 Å². The van der Waals surface area contributed by atoms with Crippen molar-refractivity contribution in [1.29, 1.82) is 0 Å². The summed E-state index contributed by atoms with van der Waals surface area (Å²) in [6.07, 6.45) is 9.98. The quantitative estimate of drug-likeness (QED) is 0.765. The molecule has 0 spiro atoms. The van der Waals surface area contributed by atoms with Gasteiger partial charge >= 0.3 is 0 Å². The highest BCUT2D eigenvalue weighted by Crippen LogP contribution is 2.35. The minimum atomic E-state index is -0.412. The molecule has 4 rings (SSSR count). The summed E-state index contributed by atoms with van der Waals surface area (Å²) in [5.41, 5.74) is 0.692. The molecule has 2 aromatic rings. The molecule has 1 N–H and O–H groups in total. The zero-order valence-electron chi connectivity index (χ0n) is 19.0. The number of fused-ring (bicyclic) bond motifs is 1. The van der Waals surface area contributed by atoms with Crippen LogP contribution >= 0.6 is 0 Å². The summed E-state index contributed by atoms with van der Waals surface area (Å²) in [5, 5.41) is 9.28. The molecule has 1 aliphatic carbocycles. The average Bonchev–Trinajstić information content (AvgIpc) is 2.83. The number of hydrogen-bond acceptors (Lipinski definition) is 4. The number of rotatable bonds is 6. The lowest BCUT2D eigenvalue weighted by atomic mass is 9.79. The lowest BCUT2D eigenvalue weighted by Gasteiger charge is -2.48. The summed E-state index contributed by atoms with van der Waals surface area (Å²) in [7, 11) is 0. The summed E-state index contributed by atoms with van der Waals surface area (Å²) >= 11 is 0. The van der Waals surface area contributed by atoms with Gasteiger partial charge in [-0.1, -0.05) is 43.9 Å². The van der Waals surface area contributed by atoms with Crippen LogP contribution in [-0.2, 0) is 11.3 Å². The number of piperidine rings is 1. The van der Waals surface area contributed by atoms with E-state index in [0.717, 1.165) is 18.5 Å². The first kappa shape index (κ1) is 22.0. The molecule has 168 valence electrons. The van der Waals surface area contributed by atoms with Crippen LogP contribution in [0.4, 0.5) is 0 Å². The molecule has 2 heterocycles. The fraction of sp³-hybridized carbons (Fsp3) is 0.640. The topological polar surface area (TPSA) is 67.2 Å². The fourth-order valence-electron chi connectivity index (χ4n) is 5.51. The minimum Gasteiger partial charge on any atom is -0.354 e. The Hall–Kier alpha value is -2.21. The zero-order valence-corrected chi connectivity index (χ0v) is 19.0. The molecule has 31 heavy (non-hydrogen) atoms. The van der Waals surface area contributed by atoms with Gasteiger partial charge in [-0.05, 0) is 58.7 Å². The van der Waals surface area contributed by atoms with Gasteiger partial charge in [0.1, 0.15) is 0 Å². The van der Waals surface area contributed by atoms with Crippen LogP contribution in [0.3, 0.4) is 0 Å². The van der Waals surface area contributed by atoms with Crippen molar-refractivity contribution in [1.82, 2.24) is 20.0 Å². The normalized spacial score (nSPS) is 20.5. The van der Waals surface area contributed by atoms with Gasteiger partial charge in [-0.25, -0.2) is 4.68 Å². The lowest BCUT2D eigenvalue weighted by Crippen LogP contribution is -2.58. The molecule has 1 atom stereocenters. The van der Waals surface area contributed by atoms with Gasteiger partial charge in [0.2, 0.25) is 5.91 Å². The third-order valence-electron chi connectivity index (χ3n) is 7.40. The van der Waals surface area contributed by atoms with Crippen molar-refractivity contribution in [2.75, 3.05) is 19.6 Å². The molecule has 0 bridgehead atoms. The van der Waals surface area contributed by atoms with Crippen LogP contribution < -0.4 is 10.9 Å². The second-order valence-electron chi connectivity index (χ2n) is 9.32. The number of amides is 1. The maximum Gasteiger partial charge on any atom is 0.274 e. The van der Waals surface area contributed by atoms with E-state index in [1.54, 1.807) is 0 Å². The Morgan fingerprint density at radius 1 is 1.06 bits per heavy atom. The summed E-state index contributed by atoms with van der Waals surface area (Å²) in [4.78, 5) is 28.6. The molecule has 1 aromatic carbocycles. The maximum atomic E-state index is 13.3. The molecule has 1 aromatic heterocycles. The average molecular weight is 425 g/mol. The Kier molecular flexibility index (Phi) is 6.75. The van der Waals surface area contributed by atoms with Gasteiger partial charge in [-0.2, -0.15) is 5.10 Å². The maximum absolute atomic E-state index is 13.3. The van der Waals surface area contributed by atoms with Gasteiger partial charge in [0, 0.05) is 24.0 Å². The fourth-order valence-corrected chi connectivity index (χ4v) is 5.51. The minimum absolute atomic E-state index is 0.000845. The van der Waals surface area contributed by atoms with Crippen molar-refractivity contribution >= 4 is 16.7 Å². The van der Waals surface area contributed by atoms with Gasteiger partial charge in [0.15, 0.2) is 0 Å². The van der Waals surface area contributed by atoms with Crippen LogP contribution in [0.25, 0.3) is 10.8 Å². The number of hydrogen-bond donors (Lipinski definition) is 1. The Morgan fingerprint density at radius 3 is 2.39 bits per heavy atom. The van der Waals surface area contributed by atoms with Gasteiger partial charge < -0.3 is 5.32 Å². The molecule has 1 saturated heterocycles. The molecule has 6 heteroatoms. The molecule has 6 nitrogen and oxygen atoms in total. The standard InChI is InChI=1S/C25H36N4O2/c1-3-29-24(31)21-13-7-6-12-20(21)22(27-29)19(2)23(30)26-18-25(14-8-4-9-15-25)28-16-10-5-11-17-28/h6-7,12-13,19H,3-5,8-11,14-18H2,1-2H3,(H,26,30). The Labute approximate surface area is 185 Å². The summed E-state index contributed by atoms with van der Waals surface area (Å²) in [6.45, 7) is 7.31.